The highest BCUT2D eigenvalue weighted by Gasteiger charge is 2.20. The molecule has 1 aromatic carbocycles. The van der Waals surface area contributed by atoms with Crippen LogP contribution in [0.25, 0.3) is 0 Å². The lowest BCUT2D eigenvalue weighted by molar-refractivity contribution is 0.0775. The normalized spacial score (nSPS) is 21.6. The van der Waals surface area contributed by atoms with Crippen LogP contribution in [-0.4, -0.2) is 37.0 Å². The Morgan fingerprint density at radius 3 is 2.90 bits per heavy atom. The third-order valence-electron chi connectivity index (χ3n) is 4.60. The fourth-order valence-corrected chi connectivity index (χ4v) is 3.42. The van der Waals surface area contributed by atoms with E-state index in [0.29, 0.717) is 6.04 Å². The topological polar surface area (TPSA) is 32.3 Å². The van der Waals surface area contributed by atoms with Gasteiger partial charge in [-0.15, -0.1) is 0 Å². The Morgan fingerprint density at radius 1 is 1.25 bits per heavy atom. The summed E-state index contributed by atoms with van der Waals surface area (Å²) in [7, 11) is 1.92. The quantitative estimate of drug-likeness (QED) is 0.916. The molecular weight excluding hydrogens is 248 g/mol. The molecule has 0 bridgehead atoms. The van der Waals surface area contributed by atoms with Gasteiger partial charge in [-0.1, -0.05) is 12.5 Å². The summed E-state index contributed by atoms with van der Waals surface area (Å²) in [6.45, 7) is 1.90. The molecule has 1 fully saturated rings. The molecule has 2 aliphatic rings. The number of carbonyl (C=O) groups excluding carboxylic acids is 1. The lowest BCUT2D eigenvalue weighted by atomic mass is 10.0. The zero-order valence-electron chi connectivity index (χ0n) is 12.3. The molecule has 1 heterocycles. The largest absolute Gasteiger partial charge is 0.340 e. The summed E-state index contributed by atoms with van der Waals surface area (Å²) in [6.07, 6.45) is 7.25. The van der Waals surface area contributed by atoms with E-state index in [1.807, 2.05) is 18.0 Å². The molecule has 0 radical (unpaired) electrons. The number of nitrogens with one attached hydrogen (secondary N) is 1. The Bertz CT molecular complexity index is 492. The average molecular weight is 272 g/mol. The number of carbonyl (C=O) groups is 1. The van der Waals surface area contributed by atoms with Crippen molar-refractivity contribution in [3.63, 3.8) is 0 Å². The van der Waals surface area contributed by atoms with E-state index in [-0.39, 0.29) is 5.91 Å². The summed E-state index contributed by atoms with van der Waals surface area (Å²) in [4.78, 5) is 14.4. The zero-order chi connectivity index (χ0) is 13.9. The van der Waals surface area contributed by atoms with Crippen LogP contribution < -0.4 is 5.32 Å². The van der Waals surface area contributed by atoms with Crippen LogP contribution >= 0.6 is 0 Å². The molecule has 1 saturated heterocycles. The molecule has 108 valence electrons. The molecule has 1 atom stereocenters. The lowest BCUT2D eigenvalue weighted by Crippen LogP contribution is -2.44. The van der Waals surface area contributed by atoms with Gasteiger partial charge in [0.25, 0.3) is 5.91 Å². The molecule has 0 saturated carbocycles. The van der Waals surface area contributed by atoms with Gasteiger partial charge in [0.15, 0.2) is 0 Å². The molecular formula is C17H24N2O. The molecule has 1 amide bonds. The van der Waals surface area contributed by atoms with Gasteiger partial charge in [0.1, 0.15) is 0 Å². The van der Waals surface area contributed by atoms with Crippen molar-refractivity contribution in [2.75, 3.05) is 20.1 Å². The lowest BCUT2D eigenvalue weighted by Gasteiger charge is -2.28. The van der Waals surface area contributed by atoms with Crippen LogP contribution in [0.15, 0.2) is 18.2 Å². The second kappa shape index (κ2) is 5.96. The van der Waals surface area contributed by atoms with Crippen LogP contribution in [0.4, 0.5) is 0 Å². The number of nitrogens with zero attached hydrogens (tertiary/aromatic N) is 1. The summed E-state index contributed by atoms with van der Waals surface area (Å²) < 4.78 is 0. The van der Waals surface area contributed by atoms with Crippen LogP contribution in [0.5, 0.6) is 0 Å². The predicted octanol–water partition coefficient (Wildman–Crippen LogP) is 2.39. The maximum Gasteiger partial charge on any atom is 0.253 e. The van der Waals surface area contributed by atoms with Crippen molar-refractivity contribution < 1.29 is 4.79 Å². The van der Waals surface area contributed by atoms with E-state index in [2.05, 4.69) is 17.4 Å². The minimum atomic E-state index is 0.159. The smallest absolute Gasteiger partial charge is 0.253 e. The van der Waals surface area contributed by atoms with Crippen molar-refractivity contribution in [3.05, 3.63) is 34.9 Å². The Labute approximate surface area is 121 Å². The van der Waals surface area contributed by atoms with E-state index in [0.717, 1.165) is 25.1 Å². The Kier molecular flexibility index (Phi) is 4.06. The molecule has 1 N–H and O–H groups in total. The number of hydrogen-bond acceptors (Lipinski definition) is 2. The van der Waals surface area contributed by atoms with Gasteiger partial charge in [0.2, 0.25) is 0 Å². The van der Waals surface area contributed by atoms with Crippen LogP contribution in [0.3, 0.4) is 0 Å². The van der Waals surface area contributed by atoms with Crippen molar-refractivity contribution in [1.29, 1.82) is 0 Å². The summed E-state index contributed by atoms with van der Waals surface area (Å²) in [5.41, 5.74) is 3.65. The minimum Gasteiger partial charge on any atom is -0.340 e. The van der Waals surface area contributed by atoms with Crippen LogP contribution in [0.1, 0.15) is 47.2 Å². The molecule has 0 aromatic heterocycles. The van der Waals surface area contributed by atoms with Crippen molar-refractivity contribution in [3.8, 4) is 0 Å². The molecule has 3 heteroatoms. The van der Waals surface area contributed by atoms with Gasteiger partial charge in [-0.3, -0.25) is 4.79 Å². The summed E-state index contributed by atoms with van der Waals surface area (Å²) in [5, 5.41) is 3.50. The number of likely N-dealkylation sites (N-methyl/N-ethyl adjacent to an activating group) is 1. The van der Waals surface area contributed by atoms with Gasteiger partial charge in [0, 0.05) is 25.2 Å². The highest BCUT2D eigenvalue weighted by atomic mass is 16.2. The monoisotopic (exact) mass is 272 g/mol. The summed E-state index contributed by atoms with van der Waals surface area (Å²) in [5.74, 6) is 0.159. The summed E-state index contributed by atoms with van der Waals surface area (Å²) >= 11 is 0. The van der Waals surface area contributed by atoms with Crippen molar-refractivity contribution in [1.82, 2.24) is 10.2 Å². The number of rotatable bonds is 3. The van der Waals surface area contributed by atoms with Crippen molar-refractivity contribution in [2.45, 2.75) is 44.6 Å². The first kappa shape index (κ1) is 13.6. The molecule has 0 spiro atoms. The fraction of sp³-hybridized carbons (Fsp3) is 0.588. The second-order valence-electron chi connectivity index (χ2n) is 6.17. The van der Waals surface area contributed by atoms with E-state index in [1.165, 1.54) is 43.2 Å². The van der Waals surface area contributed by atoms with Crippen LogP contribution in [-0.2, 0) is 12.8 Å². The number of hydrogen-bond donors (Lipinski definition) is 1. The number of aryl methyl sites for hydroxylation is 2. The first-order valence-electron chi connectivity index (χ1n) is 7.85. The van der Waals surface area contributed by atoms with E-state index < -0.39 is 0 Å². The van der Waals surface area contributed by atoms with Gasteiger partial charge in [-0.2, -0.15) is 0 Å². The van der Waals surface area contributed by atoms with E-state index >= 15 is 0 Å². The van der Waals surface area contributed by atoms with Gasteiger partial charge in [-0.05, 0) is 61.9 Å². The summed E-state index contributed by atoms with van der Waals surface area (Å²) in [6, 6.07) is 6.71. The third-order valence-corrected chi connectivity index (χ3v) is 4.60. The van der Waals surface area contributed by atoms with E-state index in [9.17, 15) is 4.79 Å². The number of benzene rings is 1. The second-order valence-corrected chi connectivity index (χ2v) is 6.17. The van der Waals surface area contributed by atoms with Crippen molar-refractivity contribution >= 4 is 5.91 Å². The molecule has 3 rings (SSSR count). The highest BCUT2D eigenvalue weighted by molar-refractivity contribution is 5.94. The molecule has 1 aliphatic heterocycles. The number of piperidine rings is 1. The standard InChI is InChI=1S/C17H24N2O/c1-19(12-16-7-2-3-10-18-16)17(20)15-9-8-13-5-4-6-14(13)11-15/h8-9,11,16,18H,2-7,10,12H2,1H3. The number of fused-ring (bicyclic) bond motifs is 1. The van der Waals surface area contributed by atoms with E-state index in [1.54, 1.807) is 0 Å². The Hall–Kier alpha value is -1.35. The highest BCUT2D eigenvalue weighted by Crippen LogP contribution is 2.23. The zero-order valence-corrected chi connectivity index (χ0v) is 12.3. The van der Waals surface area contributed by atoms with Gasteiger partial charge in [-0.25, -0.2) is 0 Å². The molecule has 1 unspecified atom stereocenters. The van der Waals surface area contributed by atoms with Crippen molar-refractivity contribution in [2.24, 2.45) is 0 Å². The first-order chi connectivity index (χ1) is 9.74. The fourth-order valence-electron chi connectivity index (χ4n) is 3.42. The maximum absolute atomic E-state index is 12.5. The average Bonchev–Trinajstić information content (AvgIpc) is 2.94. The van der Waals surface area contributed by atoms with E-state index in [4.69, 9.17) is 0 Å². The Morgan fingerprint density at radius 2 is 2.10 bits per heavy atom. The van der Waals surface area contributed by atoms with Gasteiger partial charge >= 0.3 is 0 Å². The first-order valence-corrected chi connectivity index (χ1v) is 7.85. The van der Waals surface area contributed by atoms with Gasteiger partial charge in [0.05, 0.1) is 0 Å². The van der Waals surface area contributed by atoms with Gasteiger partial charge < -0.3 is 10.2 Å². The predicted molar refractivity (Wildman–Crippen MR) is 81.1 cm³/mol. The molecule has 3 nitrogen and oxygen atoms in total. The Balaban J connectivity index is 1.65. The third kappa shape index (κ3) is 2.88. The molecule has 1 aromatic rings. The molecule has 20 heavy (non-hydrogen) atoms. The maximum atomic E-state index is 12.5. The number of amides is 1. The SMILES string of the molecule is CN(CC1CCCCN1)C(=O)c1ccc2c(c1)CCC2. The van der Waals surface area contributed by atoms with Crippen LogP contribution in [0, 0.1) is 0 Å². The molecule has 1 aliphatic carbocycles. The minimum absolute atomic E-state index is 0.159. The van der Waals surface area contributed by atoms with Crippen LogP contribution in [0.2, 0.25) is 0 Å².